The molecule has 0 fully saturated rings. The molecule has 0 spiro atoms. The second kappa shape index (κ2) is 4.96. The van der Waals surface area contributed by atoms with Crippen LogP contribution in [0.3, 0.4) is 0 Å². The van der Waals surface area contributed by atoms with Crippen molar-refractivity contribution in [3.8, 4) is 0 Å². The van der Waals surface area contributed by atoms with Crippen LogP contribution in [0.15, 0.2) is 15.1 Å². The monoisotopic (exact) mass is 324 g/mol. The number of hydrogen-bond donors (Lipinski definition) is 0. The molecule has 102 valence electrons. The molecule has 2 aromatic rings. The maximum Gasteiger partial charge on any atom is 0.215 e. The Morgan fingerprint density at radius 3 is 2.42 bits per heavy atom. The summed E-state index contributed by atoms with van der Waals surface area (Å²) in [4.78, 5) is 12.8. The molecule has 0 aliphatic rings. The van der Waals surface area contributed by atoms with Gasteiger partial charge in [0, 0.05) is 11.6 Å². The molecule has 2 rings (SSSR count). The topological polar surface area (TPSA) is 48.0 Å². The van der Waals surface area contributed by atoms with Gasteiger partial charge in [-0.25, -0.2) is 0 Å². The molecule has 0 atom stereocenters. The third-order valence-corrected chi connectivity index (χ3v) is 3.82. The zero-order valence-corrected chi connectivity index (χ0v) is 13.3. The Morgan fingerprint density at radius 1 is 1.32 bits per heavy atom. The minimum Gasteiger partial charge on any atom is -0.466 e. The zero-order valence-electron chi connectivity index (χ0n) is 11.7. The molecule has 0 aliphatic carbocycles. The second-order valence-electron chi connectivity index (χ2n) is 4.92. The number of hydrogen-bond acceptors (Lipinski definition) is 3. The lowest BCUT2D eigenvalue weighted by Gasteiger charge is -2.10. The lowest BCUT2D eigenvalue weighted by molar-refractivity contribution is 0.102. The molecule has 2 heterocycles. The highest BCUT2D eigenvalue weighted by molar-refractivity contribution is 9.10. The lowest BCUT2D eigenvalue weighted by atomic mass is 10.0. The zero-order chi connectivity index (χ0) is 14.3. The van der Waals surface area contributed by atoms with Crippen molar-refractivity contribution in [2.24, 2.45) is 0 Å². The Balaban J connectivity index is 2.59. The number of carbonyl (C=O) groups is 1. The van der Waals surface area contributed by atoms with Gasteiger partial charge in [0.25, 0.3) is 0 Å². The van der Waals surface area contributed by atoms with E-state index in [4.69, 9.17) is 4.42 Å². The highest BCUT2D eigenvalue weighted by Crippen LogP contribution is 2.28. The number of furan rings is 1. The fourth-order valence-electron chi connectivity index (χ4n) is 2.19. The van der Waals surface area contributed by atoms with Crippen molar-refractivity contribution in [3.05, 3.63) is 39.0 Å². The lowest BCUT2D eigenvalue weighted by Crippen LogP contribution is -2.15. The first kappa shape index (κ1) is 14.1. The minimum absolute atomic E-state index is 0.0510. The van der Waals surface area contributed by atoms with Gasteiger partial charge in [-0.05, 0) is 50.5 Å². The molecular weight excluding hydrogens is 308 g/mol. The van der Waals surface area contributed by atoms with E-state index >= 15 is 0 Å². The van der Waals surface area contributed by atoms with Gasteiger partial charge in [-0.15, -0.1) is 0 Å². The van der Waals surface area contributed by atoms with Crippen molar-refractivity contribution in [2.45, 2.75) is 40.7 Å². The molecule has 5 heteroatoms. The Bertz CT molecular complexity index is 638. The number of ketones is 1. The summed E-state index contributed by atoms with van der Waals surface area (Å²) in [6.45, 7) is 9.58. The van der Waals surface area contributed by atoms with E-state index < -0.39 is 0 Å². The number of halogens is 1. The van der Waals surface area contributed by atoms with Crippen molar-refractivity contribution in [1.82, 2.24) is 9.78 Å². The molecule has 0 bridgehead atoms. The summed E-state index contributed by atoms with van der Waals surface area (Å²) in [5.74, 6) is 1.39. The summed E-state index contributed by atoms with van der Waals surface area (Å²) in [6.07, 6.45) is 1.66. The van der Waals surface area contributed by atoms with Crippen LogP contribution in [0.1, 0.15) is 53.0 Å². The number of carbonyl (C=O) groups excluding carboxylic acids is 1. The van der Waals surface area contributed by atoms with E-state index in [0.29, 0.717) is 21.5 Å². The first-order chi connectivity index (χ1) is 8.84. The van der Waals surface area contributed by atoms with E-state index in [1.807, 2.05) is 34.6 Å². The average Bonchev–Trinajstić information content (AvgIpc) is 2.81. The molecule has 2 aromatic heterocycles. The molecule has 19 heavy (non-hydrogen) atoms. The van der Waals surface area contributed by atoms with E-state index in [1.54, 1.807) is 10.9 Å². The van der Waals surface area contributed by atoms with Crippen LogP contribution in [0, 0.1) is 20.8 Å². The van der Waals surface area contributed by atoms with Crippen LogP contribution >= 0.6 is 15.9 Å². The van der Waals surface area contributed by atoms with Gasteiger partial charge in [0.15, 0.2) is 0 Å². The summed E-state index contributed by atoms with van der Waals surface area (Å²) in [7, 11) is 0. The van der Waals surface area contributed by atoms with Crippen molar-refractivity contribution >= 4 is 21.7 Å². The van der Waals surface area contributed by atoms with Gasteiger partial charge in [0.2, 0.25) is 5.78 Å². The number of aryl methyl sites for hydroxylation is 2. The summed E-state index contributed by atoms with van der Waals surface area (Å²) in [5.41, 5.74) is 2.11. The number of nitrogens with zero attached hydrogens (tertiary/aromatic N) is 2. The third-order valence-electron chi connectivity index (χ3n) is 3.24. The normalized spacial score (nSPS) is 11.3. The van der Waals surface area contributed by atoms with Crippen molar-refractivity contribution in [1.29, 1.82) is 0 Å². The van der Waals surface area contributed by atoms with Gasteiger partial charge < -0.3 is 4.42 Å². The molecule has 0 aliphatic heterocycles. The summed E-state index contributed by atoms with van der Waals surface area (Å²) in [5, 5.41) is 4.25. The van der Waals surface area contributed by atoms with Gasteiger partial charge in [0.05, 0.1) is 16.2 Å². The van der Waals surface area contributed by atoms with Crippen LogP contribution in [-0.2, 0) is 0 Å². The molecule has 0 N–H and O–H groups in total. The molecule has 0 radical (unpaired) electrons. The Morgan fingerprint density at radius 2 is 1.95 bits per heavy atom. The van der Waals surface area contributed by atoms with E-state index in [1.165, 1.54) is 0 Å². The fraction of sp³-hybridized carbons (Fsp3) is 0.429. The van der Waals surface area contributed by atoms with E-state index in [0.717, 1.165) is 11.3 Å². The minimum atomic E-state index is -0.0510. The Labute approximate surface area is 120 Å². The van der Waals surface area contributed by atoms with Gasteiger partial charge >= 0.3 is 0 Å². The predicted octanol–water partition coefficient (Wildman–Crippen LogP) is 3.98. The first-order valence-electron chi connectivity index (χ1n) is 6.18. The van der Waals surface area contributed by atoms with Gasteiger partial charge in [-0.2, -0.15) is 5.10 Å². The smallest absolute Gasteiger partial charge is 0.215 e. The first-order valence-corrected chi connectivity index (χ1v) is 6.98. The summed E-state index contributed by atoms with van der Waals surface area (Å²) in [6, 6.07) is 0.124. The molecular formula is C14H17BrN2O2. The van der Waals surface area contributed by atoms with Crippen LogP contribution in [-0.4, -0.2) is 15.6 Å². The number of rotatable bonds is 3. The van der Waals surface area contributed by atoms with Crippen LogP contribution in [0.4, 0.5) is 0 Å². The van der Waals surface area contributed by atoms with Gasteiger partial charge in [-0.3, -0.25) is 9.48 Å². The largest absolute Gasteiger partial charge is 0.466 e. The van der Waals surface area contributed by atoms with E-state index in [2.05, 4.69) is 21.0 Å². The van der Waals surface area contributed by atoms with Crippen molar-refractivity contribution in [2.75, 3.05) is 0 Å². The van der Waals surface area contributed by atoms with Crippen LogP contribution in [0.2, 0.25) is 0 Å². The molecule has 0 unspecified atom stereocenters. The third kappa shape index (κ3) is 2.27. The fourth-order valence-corrected chi connectivity index (χ4v) is 2.64. The Hall–Kier alpha value is -1.36. The summed E-state index contributed by atoms with van der Waals surface area (Å²) < 4.78 is 7.98. The van der Waals surface area contributed by atoms with Crippen molar-refractivity contribution < 1.29 is 9.21 Å². The molecule has 0 saturated heterocycles. The predicted molar refractivity (Wildman–Crippen MR) is 76.7 cm³/mol. The molecule has 0 amide bonds. The number of aromatic nitrogens is 2. The quantitative estimate of drug-likeness (QED) is 0.802. The SMILES string of the molecule is Cc1oc(C)c(C(=O)c2c(Br)cnn2C(C)C)c1C. The summed E-state index contributed by atoms with van der Waals surface area (Å²) >= 11 is 3.40. The average molecular weight is 325 g/mol. The van der Waals surface area contributed by atoms with E-state index in [-0.39, 0.29) is 11.8 Å². The van der Waals surface area contributed by atoms with E-state index in [9.17, 15) is 4.79 Å². The second-order valence-corrected chi connectivity index (χ2v) is 5.78. The maximum absolute atomic E-state index is 12.8. The van der Waals surface area contributed by atoms with Crippen LogP contribution in [0.5, 0.6) is 0 Å². The standard InChI is InChI=1S/C14H17BrN2O2/c1-7(2)17-13(11(15)6-16-17)14(18)12-8(3)9(4)19-10(12)5/h6-7H,1-5H3. The highest BCUT2D eigenvalue weighted by Gasteiger charge is 2.26. The molecule has 4 nitrogen and oxygen atoms in total. The Kier molecular flexibility index (Phi) is 3.67. The maximum atomic E-state index is 12.8. The van der Waals surface area contributed by atoms with Crippen molar-refractivity contribution in [3.63, 3.8) is 0 Å². The highest BCUT2D eigenvalue weighted by atomic mass is 79.9. The van der Waals surface area contributed by atoms with Crippen LogP contribution < -0.4 is 0 Å². The molecule has 0 saturated carbocycles. The van der Waals surface area contributed by atoms with Crippen LogP contribution in [0.25, 0.3) is 0 Å². The molecule has 0 aromatic carbocycles. The van der Waals surface area contributed by atoms with Gasteiger partial charge in [-0.1, -0.05) is 0 Å². The van der Waals surface area contributed by atoms with Gasteiger partial charge in [0.1, 0.15) is 17.2 Å².